The van der Waals surface area contributed by atoms with Crippen LogP contribution >= 0.6 is 11.8 Å². The number of amides is 1. The molecule has 2 aromatic rings. The lowest BCUT2D eigenvalue weighted by atomic mass is 10.3. The summed E-state index contributed by atoms with van der Waals surface area (Å²) in [6.07, 6.45) is 6.96. The Bertz CT molecular complexity index is 746. The molecule has 0 aliphatic carbocycles. The minimum absolute atomic E-state index is 0.216. The molecule has 1 amide bonds. The first-order valence-electron chi connectivity index (χ1n) is 6.75. The zero-order valence-electron chi connectivity index (χ0n) is 12.0. The van der Waals surface area contributed by atoms with Gasteiger partial charge in [-0.05, 0) is 48.2 Å². The Hall–Kier alpha value is -2.53. The first-order valence-corrected chi connectivity index (χ1v) is 7.57. The molecule has 0 bridgehead atoms. The van der Waals surface area contributed by atoms with Gasteiger partial charge in [0.1, 0.15) is 5.76 Å². The van der Waals surface area contributed by atoms with Crippen LogP contribution in [0.3, 0.4) is 0 Å². The summed E-state index contributed by atoms with van der Waals surface area (Å²) in [6.45, 7) is 0. The van der Waals surface area contributed by atoms with Crippen molar-refractivity contribution >= 4 is 34.6 Å². The average molecular weight is 310 g/mol. The molecule has 1 aromatic heterocycles. The van der Waals surface area contributed by atoms with Gasteiger partial charge in [-0.1, -0.05) is 24.3 Å². The van der Waals surface area contributed by atoms with E-state index in [1.807, 2.05) is 54.4 Å². The van der Waals surface area contributed by atoms with Gasteiger partial charge in [0.25, 0.3) is 5.91 Å². The average Bonchev–Trinajstić information content (AvgIpc) is 3.18. The van der Waals surface area contributed by atoms with Crippen LogP contribution in [-0.4, -0.2) is 18.1 Å². The van der Waals surface area contributed by atoms with Crippen LogP contribution in [0.5, 0.6) is 0 Å². The van der Waals surface area contributed by atoms with Crippen LogP contribution in [0.1, 0.15) is 5.76 Å². The van der Waals surface area contributed by atoms with Crippen LogP contribution in [-0.2, 0) is 4.79 Å². The Kier molecular flexibility index (Phi) is 4.25. The van der Waals surface area contributed by atoms with Crippen LogP contribution in [0, 0.1) is 0 Å². The van der Waals surface area contributed by atoms with Gasteiger partial charge in [0.2, 0.25) is 0 Å². The molecule has 22 heavy (non-hydrogen) atoms. The Morgan fingerprint density at radius 3 is 2.73 bits per heavy atom. The maximum absolute atomic E-state index is 12.0. The third-order valence-corrected chi connectivity index (χ3v) is 4.17. The fraction of sp³-hybridized carbons (Fsp3) is 0.0588. The number of rotatable bonds is 3. The van der Waals surface area contributed by atoms with Gasteiger partial charge >= 0.3 is 0 Å². The Balaban J connectivity index is 1.71. The molecule has 4 nitrogen and oxygen atoms in total. The van der Waals surface area contributed by atoms with Crippen LogP contribution in [0.4, 0.5) is 5.69 Å². The standard InChI is InChI=1S/C17H14N2O2S/c1-19(13-7-3-2-4-8-13)17-18-16(20)15(22-17)11-5-9-14-10-6-12-21-14/h2-12H,1H3/b9-5+,15-11-. The van der Waals surface area contributed by atoms with Gasteiger partial charge in [0, 0.05) is 12.7 Å². The molecule has 110 valence electrons. The third-order valence-electron chi connectivity index (χ3n) is 3.09. The predicted octanol–water partition coefficient (Wildman–Crippen LogP) is 3.94. The van der Waals surface area contributed by atoms with Crippen molar-refractivity contribution in [2.45, 2.75) is 0 Å². The summed E-state index contributed by atoms with van der Waals surface area (Å²) in [4.78, 5) is 18.6. The topological polar surface area (TPSA) is 45.8 Å². The number of anilines is 1. The fourth-order valence-corrected chi connectivity index (χ4v) is 2.78. The molecule has 0 spiro atoms. The monoisotopic (exact) mass is 310 g/mol. The normalized spacial score (nSPS) is 16.5. The first-order chi connectivity index (χ1) is 10.7. The van der Waals surface area contributed by atoms with E-state index < -0.39 is 0 Å². The lowest BCUT2D eigenvalue weighted by Crippen LogP contribution is -2.21. The molecule has 1 aliphatic rings. The van der Waals surface area contributed by atoms with Gasteiger partial charge < -0.3 is 9.32 Å². The number of amidine groups is 1. The number of furan rings is 1. The molecule has 1 aromatic carbocycles. The summed E-state index contributed by atoms with van der Waals surface area (Å²) in [6, 6.07) is 13.5. The van der Waals surface area contributed by atoms with Crippen LogP contribution < -0.4 is 4.90 Å². The van der Waals surface area contributed by atoms with E-state index in [0.29, 0.717) is 10.1 Å². The Morgan fingerprint density at radius 1 is 1.18 bits per heavy atom. The smallest absolute Gasteiger partial charge is 0.286 e. The molecule has 3 rings (SSSR count). The number of nitrogens with zero attached hydrogens (tertiary/aromatic N) is 2. The highest BCUT2D eigenvalue weighted by Crippen LogP contribution is 2.30. The molecule has 0 unspecified atom stereocenters. The number of allylic oxidation sites excluding steroid dienone is 2. The second kappa shape index (κ2) is 6.49. The molecule has 0 saturated heterocycles. The van der Waals surface area contributed by atoms with Crippen molar-refractivity contribution in [2.75, 3.05) is 11.9 Å². The maximum Gasteiger partial charge on any atom is 0.286 e. The van der Waals surface area contributed by atoms with Gasteiger partial charge in [-0.3, -0.25) is 4.79 Å². The molecule has 1 aliphatic heterocycles. The third kappa shape index (κ3) is 3.20. The van der Waals surface area contributed by atoms with Gasteiger partial charge in [0.15, 0.2) is 5.17 Å². The quantitative estimate of drug-likeness (QED) is 0.806. The summed E-state index contributed by atoms with van der Waals surface area (Å²) in [5, 5.41) is 0.675. The van der Waals surface area contributed by atoms with Crippen molar-refractivity contribution in [3.05, 3.63) is 71.5 Å². The molecule has 0 fully saturated rings. The molecule has 5 heteroatoms. The lowest BCUT2D eigenvalue weighted by Gasteiger charge is -2.17. The van der Waals surface area contributed by atoms with Crippen LogP contribution in [0.2, 0.25) is 0 Å². The Morgan fingerprint density at radius 2 is 2.00 bits per heavy atom. The zero-order chi connectivity index (χ0) is 15.4. The van der Waals surface area contributed by atoms with Crippen molar-refractivity contribution < 1.29 is 9.21 Å². The number of thioether (sulfide) groups is 1. The van der Waals surface area contributed by atoms with Crippen molar-refractivity contribution in [1.82, 2.24) is 0 Å². The van der Waals surface area contributed by atoms with Crippen molar-refractivity contribution in [3.8, 4) is 0 Å². The lowest BCUT2D eigenvalue weighted by molar-refractivity contribution is -0.113. The molecule has 0 atom stereocenters. The number of carbonyl (C=O) groups is 1. The van der Waals surface area contributed by atoms with E-state index in [9.17, 15) is 4.79 Å². The van der Waals surface area contributed by atoms with E-state index in [1.54, 1.807) is 24.5 Å². The number of hydrogen-bond acceptors (Lipinski definition) is 4. The molecule has 0 N–H and O–H groups in total. The van der Waals surface area contributed by atoms with Crippen molar-refractivity contribution in [2.24, 2.45) is 4.99 Å². The van der Waals surface area contributed by atoms with Gasteiger partial charge in [-0.25, -0.2) is 0 Å². The van der Waals surface area contributed by atoms with E-state index in [0.717, 1.165) is 11.4 Å². The zero-order valence-corrected chi connectivity index (χ0v) is 12.8. The Labute approximate surface area is 132 Å². The minimum atomic E-state index is -0.216. The maximum atomic E-state index is 12.0. The largest absolute Gasteiger partial charge is 0.465 e. The highest BCUT2D eigenvalue weighted by atomic mass is 32.2. The molecule has 0 saturated carbocycles. The SMILES string of the molecule is CN(C1=NC(=O)/C(=C/C=C/c2ccco2)S1)c1ccccc1. The molecule has 2 heterocycles. The van der Waals surface area contributed by atoms with E-state index in [1.165, 1.54) is 11.8 Å². The van der Waals surface area contributed by atoms with Crippen LogP contribution in [0.25, 0.3) is 6.08 Å². The molecule has 0 radical (unpaired) electrons. The van der Waals surface area contributed by atoms with E-state index in [4.69, 9.17) is 4.42 Å². The number of carbonyl (C=O) groups excluding carboxylic acids is 1. The van der Waals surface area contributed by atoms with Gasteiger partial charge in [0.05, 0.1) is 11.2 Å². The predicted molar refractivity (Wildman–Crippen MR) is 90.7 cm³/mol. The summed E-state index contributed by atoms with van der Waals surface area (Å²) in [7, 11) is 1.90. The second-order valence-electron chi connectivity index (χ2n) is 4.60. The fourth-order valence-electron chi connectivity index (χ4n) is 1.93. The number of benzene rings is 1. The minimum Gasteiger partial charge on any atom is -0.465 e. The van der Waals surface area contributed by atoms with Gasteiger partial charge in [-0.2, -0.15) is 4.99 Å². The number of aliphatic imine (C=N–C) groups is 1. The molecular weight excluding hydrogens is 296 g/mol. The van der Waals surface area contributed by atoms with Crippen molar-refractivity contribution in [3.63, 3.8) is 0 Å². The summed E-state index contributed by atoms with van der Waals surface area (Å²) in [5.41, 5.74) is 0.994. The molecular formula is C17H14N2O2S. The summed E-state index contributed by atoms with van der Waals surface area (Å²) >= 11 is 1.36. The van der Waals surface area contributed by atoms with E-state index in [2.05, 4.69) is 4.99 Å². The summed E-state index contributed by atoms with van der Waals surface area (Å²) in [5.74, 6) is 0.529. The highest BCUT2D eigenvalue weighted by molar-refractivity contribution is 8.18. The van der Waals surface area contributed by atoms with Gasteiger partial charge in [-0.15, -0.1) is 0 Å². The number of para-hydroxylation sites is 1. The number of hydrogen-bond donors (Lipinski definition) is 0. The second-order valence-corrected chi connectivity index (χ2v) is 5.61. The highest BCUT2D eigenvalue weighted by Gasteiger charge is 2.24. The summed E-state index contributed by atoms with van der Waals surface area (Å²) < 4.78 is 5.20. The first kappa shape index (κ1) is 14.4. The van der Waals surface area contributed by atoms with E-state index in [-0.39, 0.29) is 5.91 Å². The van der Waals surface area contributed by atoms with Crippen molar-refractivity contribution in [1.29, 1.82) is 0 Å². The van der Waals surface area contributed by atoms with Crippen LogP contribution in [0.15, 0.2) is 75.2 Å². The van der Waals surface area contributed by atoms with E-state index >= 15 is 0 Å².